The number of carboxylic acids is 1. The van der Waals surface area contributed by atoms with E-state index in [2.05, 4.69) is 10.2 Å². The van der Waals surface area contributed by atoms with Gasteiger partial charge in [0.05, 0.1) is 4.88 Å². The summed E-state index contributed by atoms with van der Waals surface area (Å²) < 4.78 is 5.56. The Morgan fingerprint density at radius 2 is 2.33 bits per heavy atom. The van der Waals surface area contributed by atoms with E-state index < -0.39 is 5.97 Å². The maximum Gasteiger partial charge on any atom is 0.303 e. The van der Waals surface area contributed by atoms with Gasteiger partial charge in [0.25, 0.3) is 5.89 Å². The van der Waals surface area contributed by atoms with Crippen LogP contribution in [0.25, 0.3) is 10.8 Å². The standard InChI is InChI=1S/C12H14N2O3S/c1-7(6-10(15)16)5-9-13-14-12(17-9)11-8(2)3-4-18-11/h3-4,7H,5-6H2,1-2H3,(H,15,16). The van der Waals surface area contributed by atoms with Crippen molar-refractivity contribution in [1.82, 2.24) is 10.2 Å². The molecule has 1 atom stereocenters. The zero-order valence-electron chi connectivity index (χ0n) is 10.2. The van der Waals surface area contributed by atoms with Crippen LogP contribution >= 0.6 is 11.3 Å². The van der Waals surface area contributed by atoms with E-state index in [0.717, 1.165) is 10.4 Å². The number of hydrogen-bond donors (Lipinski definition) is 1. The highest BCUT2D eigenvalue weighted by atomic mass is 32.1. The quantitative estimate of drug-likeness (QED) is 0.900. The molecule has 2 aromatic heterocycles. The highest BCUT2D eigenvalue weighted by molar-refractivity contribution is 7.13. The maximum absolute atomic E-state index is 10.6. The molecule has 0 spiro atoms. The van der Waals surface area contributed by atoms with Crippen molar-refractivity contribution < 1.29 is 14.3 Å². The zero-order valence-corrected chi connectivity index (χ0v) is 11.0. The van der Waals surface area contributed by atoms with Crippen LogP contribution in [-0.2, 0) is 11.2 Å². The number of thiophene rings is 1. The third kappa shape index (κ3) is 2.95. The summed E-state index contributed by atoms with van der Waals surface area (Å²) >= 11 is 1.56. The van der Waals surface area contributed by atoms with Crippen molar-refractivity contribution in [1.29, 1.82) is 0 Å². The lowest BCUT2D eigenvalue weighted by Gasteiger charge is -2.03. The van der Waals surface area contributed by atoms with E-state index >= 15 is 0 Å². The fourth-order valence-electron chi connectivity index (χ4n) is 1.69. The van der Waals surface area contributed by atoms with Gasteiger partial charge in [-0.05, 0) is 29.9 Å². The van der Waals surface area contributed by atoms with Gasteiger partial charge in [0, 0.05) is 12.8 Å². The molecule has 0 fully saturated rings. The number of carbonyl (C=O) groups is 1. The molecule has 0 aliphatic heterocycles. The Hall–Kier alpha value is -1.69. The Morgan fingerprint density at radius 3 is 2.94 bits per heavy atom. The molecule has 0 aromatic carbocycles. The summed E-state index contributed by atoms with van der Waals surface area (Å²) in [6, 6.07) is 2.00. The first-order valence-electron chi connectivity index (χ1n) is 5.65. The van der Waals surface area contributed by atoms with Gasteiger partial charge in [-0.3, -0.25) is 4.79 Å². The Morgan fingerprint density at radius 1 is 1.56 bits per heavy atom. The summed E-state index contributed by atoms with van der Waals surface area (Å²) in [6.07, 6.45) is 0.597. The molecule has 0 radical (unpaired) electrons. The summed E-state index contributed by atoms with van der Waals surface area (Å²) in [6.45, 7) is 3.84. The van der Waals surface area contributed by atoms with Gasteiger partial charge in [0.2, 0.25) is 5.89 Å². The van der Waals surface area contributed by atoms with Gasteiger partial charge in [-0.1, -0.05) is 6.92 Å². The Balaban J connectivity index is 2.07. The Bertz CT molecular complexity index is 547. The number of rotatable bonds is 5. The van der Waals surface area contributed by atoms with Crippen LogP contribution in [0.5, 0.6) is 0 Å². The third-order valence-corrected chi connectivity index (χ3v) is 3.57. The second kappa shape index (κ2) is 5.30. The first-order valence-corrected chi connectivity index (χ1v) is 6.53. The predicted molar refractivity (Wildman–Crippen MR) is 67.5 cm³/mol. The SMILES string of the molecule is Cc1ccsc1-c1nnc(CC(C)CC(=O)O)o1. The molecular weight excluding hydrogens is 252 g/mol. The minimum absolute atomic E-state index is 0.0137. The van der Waals surface area contributed by atoms with Crippen molar-refractivity contribution in [2.45, 2.75) is 26.7 Å². The van der Waals surface area contributed by atoms with Gasteiger partial charge in [0.15, 0.2) is 0 Å². The summed E-state index contributed by atoms with van der Waals surface area (Å²) in [5.74, 6) is 0.183. The van der Waals surface area contributed by atoms with Crippen molar-refractivity contribution in [3.63, 3.8) is 0 Å². The van der Waals surface area contributed by atoms with E-state index in [4.69, 9.17) is 9.52 Å². The average molecular weight is 266 g/mol. The van der Waals surface area contributed by atoms with Gasteiger partial charge < -0.3 is 9.52 Å². The highest BCUT2D eigenvalue weighted by Crippen LogP contribution is 2.28. The number of nitrogens with zero attached hydrogens (tertiary/aromatic N) is 2. The van der Waals surface area contributed by atoms with Crippen LogP contribution in [0.4, 0.5) is 0 Å². The highest BCUT2D eigenvalue weighted by Gasteiger charge is 2.15. The fraction of sp³-hybridized carbons (Fsp3) is 0.417. The lowest BCUT2D eigenvalue weighted by molar-refractivity contribution is -0.137. The second-order valence-electron chi connectivity index (χ2n) is 4.34. The second-order valence-corrected chi connectivity index (χ2v) is 5.26. The normalized spacial score (nSPS) is 12.6. The smallest absolute Gasteiger partial charge is 0.303 e. The summed E-state index contributed by atoms with van der Waals surface area (Å²) in [5, 5.41) is 18.6. The van der Waals surface area contributed by atoms with Crippen LogP contribution in [0.2, 0.25) is 0 Å². The molecule has 0 aliphatic rings. The van der Waals surface area contributed by atoms with Crippen LogP contribution in [0.1, 0.15) is 24.8 Å². The number of aryl methyl sites for hydroxylation is 1. The fourth-order valence-corrected chi connectivity index (χ4v) is 2.53. The maximum atomic E-state index is 10.6. The number of aliphatic carboxylic acids is 1. The molecule has 2 rings (SSSR count). The molecule has 6 heteroatoms. The molecule has 2 heterocycles. The van der Waals surface area contributed by atoms with E-state index in [9.17, 15) is 4.79 Å². The molecule has 0 aliphatic carbocycles. The van der Waals surface area contributed by atoms with Gasteiger partial charge >= 0.3 is 5.97 Å². The van der Waals surface area contributed by atoms with Crippen LogP contribution in [-0.4, -0.2) is 21.3 Å². The molecule has 2 aromatic rings. The summed E-state index contributed by atoms with van der Waals surface area (Å²) in [5.41, 5.74) is 1.11. The van der Waals surface area contributed by atoms with Crippen LogP contribution in [0.15, 0.2) is 15.9 Å². The van der Waals surface area contributed by atoms with Gasteiger partial charge in [0.1, 0.15) is 0 Å². The molecule has 96 valence electrons. The van der Waals surface area contributed by atoms with Crippen LogP contribution in [0, 0.1) is 12.8 Å². The van der Waals surface area contributed by atoms with Crippen molar-refractivity contribution in [3.8, 4) is 10.8 Å². The molecule has 1 N–H and O–H groups in total. The molecule has 1 unspecified atom stereocenters. The van der Waals surface area contributed by atoms with Crippen molar-refractivity contribution in [3.05, 3.63) is 22.9 Å². The summed E-state index contributed by atoms with van der Waals surface area (Å²) in [7, 11) is 0. The molecule has 0 amide bonds. The van der Waals surface area contributed by atoms with Crippen molar-refractivity contribution in [2.24, 2.45) is 5.92 Å². The Kier molecular flexibility index (Phi) is 3.76. The van der Waals surface area contributed by atoms with E-state index in [1.165, 1.54) is 0 Å². The predicted octanol–water partition coefficient (Wildman–Crippen LogP) is 2.76. The summed E-state index contributed by atoms with van der Waals surface area (Å²) in [4.78, 5) is 11.5. The van der Waals surface area contributed by atoms with Gasteiger partial charge in [-0.15, -0.1) is 21.5 Å². The first kappa shape index (κ1) is 12.8. The first-order chi connectivity index (χ1) is 8.56. The molecule has 18 heavy (non-hydrogen) atoms. The van der Waals surface area contributed by atoms with Crippen LogP contribution < -0.4 is 0 Å². The van der Waals surface area contributed by atoms with E-state index in [1.807, 2.05) is 25.3 Å². The molecule has 0 saturated carbocycles. The largest absolute Gasteiger partial charge is 0.481 e. The number of carboxylic acid groups (broad SMARTS) is 1. The minimum atomic E-state index is -0.809. The van der Waals surface area contributed by atoms with Gasteiger partial charge in [-0.2, -0.15) is 0 Å². The number of aromatic nitrogens is 2. The van der Waals surface area contributed by atoms with Gasteiger partial charge in [-0.25, -0.2) is 0 Å². The molecular formula is C12H14N2O3S. The van der Waals surface area contributed by atoms with Crippen LogP contribution in [0.3, 0.4) is 0 Å². The van der Waals surface area contributed by atoms with E-state index in [0.29, 0.717) is 18.2 Å². The van der Waals surface area contributed by atoms with E-state index in [-0.39, 0.29) is 12.3 Å². The lowest BCUT2D eigenvalue weighted by atomic mass is 10.0. The zero-order chi connectivity index (χ0) is 13.1. The lowest BCUT2D eigenvalue weighted by Crippen LogP contribution is -2.07. The molecule has 0 bridgehead atoms. The average Bonchev–Trinajstić information content (AvgIpc) is 2.85. The molecule has 5 nitrogen and oxygen atoms in total. The monoisotopic (exact) mass is 266 g/mol. The third-order valence-electron chi connectivity index (χ3n) is 2.57. The minimum Gasteiger partial charge on any atom is -0.481 e. The number of hydrogen-bond acceptors (Lipinski definition) is 5. The topological polar surface area (TPSA) is 76.2 Å². The Labute approximate surface area is 108 Å². The molecule has 0 saturated heterocycles. The van der Waals surface area contributed by atoms with Crippen molar-refractivity contribution in [2.75, 3.05) is 0 Å². The van der Waals surface area contributed by atoms with Crippen molar-refractivity contribution >= 4 is 17.3 Å². The van der Waals surface area contributed by atoms with E-state index in [1.54, 1.807) is 11.3 Å².